The van der Waals surface area contributed by atoms with Crippen LogP contribution in [0.3, 0.4) is 0 Å². The number of nitrogens with zero attached hydrogens (tertiary/aromatic N) is 2. The average Bonchev–Trinajstić information content (AvgIpc) is 2.50. The molecule has 2 N–H and O–H groups in total. The number of aromatic nitrogens is 1. The fourth-order valence-corrected chi connectivity index (χ4v) is 2.29. The van der Waals surface area contributed by atoms with E-state index in [1.54, 1.807) is 25.4 Å². The highest BCUT2D eigenvalue weighted by Crippen LogP contribution is 2.10. The van der Waals surface area contributed by atoms with E-state index in [0.717, 1.165) is 11.0 Å². The van der Waals surface area contributed by atoms with Crippen LogP contribution in [0.2, 0.25) is 0 Å². The van der Waals surface area contributed by atoms with Gasteiger partial charge in [0.25, 0.3) is 0 Å². The van der Waals surface area contributed by atoms with Crippen molar-refractivity contribution in [3.63, 3.8) is 0 Å². The molecular formula is C14H21BrCl2N4O3. The first-order chi connectivity index (χ1) is 10.5. The van der Waals surface area contributed by atoms with E-state index >= 15 is 0 Å². The lowest BCUT2D eigenvalue weighted by atomic mass is 10.2. The van der Waals surface area contributed by atoms with Gasteiger partial charge in [-0.25, -0.2) is 4.98 Å². The lowest BCUT2D eigenvalue weighted by Crippen LogP contribution is -2.45. The number of ether oxygens (including phenoxy) is 1. The second-order valence-electron chi connectivity index (χ2n) is 5.09. The third-order valence-electron chi connectivity index (χ3n) is 3.22. The van der Waals surface area contributed by atoms with Gasteiger partial charge < -0.3 is 20.3 Å². The minimum atomic E-state index is -0.279. The van der Waals surface area contributed by atoms with Gasteiger partial charge in [0.1, 0.15) is 5.82 Å². The van der Waals surface area contributed by atoms with Crippen LogP contribution in [0, 0.1) is 0 Å². The van der Waals surface area contributed by atoms with Gasteiger partial charge in [-0.15, -0.1) is 24.8 Å². The molecule has 0 aromatic carbocycles. The van der Waals surface area contributed by atoms with Gasteiger partial charge in [-0.2, -0.15) is 0 Å². The Hall–Kier alpha value is -0.930. The number of amides is 2. The molecule has 0 bridgehead atoms. The number of carbonyl (C=O) groups excluding carboxylic acids is 2. The molecule has 2 amide bonds. The summed E-state index contributed by atoms with van der Waals surface area (Å²) < 4.78 is 6.14. The zero-order valence-corrected chi connectivity index (χ0v) is 16.4. The van der Waals surface area contributed by atoms with Crippen molar-refractivity contribution >= 4 is 58.4 Å². The first kappa shape index (κ1) is 23.1. The van der Waals surface area contributed by atoms with Crippen LogP contribution in [-0.2, 0) is 14.3 Å². The van der Waals surface area contributed by atoms with Crippen LogP contribution >= 0.6 is 40.7 Å². The van der Waals surface area contributed by atoms with Crippen molar-refractivity contribution < 1.29 is 14.3 Å². The van der Waals surface area contributed by atoms with Gasteiger partial charge in [0, 0.05) is 36.7 Å². The van der Waals surface area contributed by atoms with Crippen molar-refractivity contribution in [3.8, 4) is 0 Å². The van der Waals surface area contributed by atoms with Crippen LogP contribution in [0.1, 0.15) is 6.42 Å². The number of anilines is 1. The van der Waals surface area contributed by atoms with E-state index in [1.807, 2.05) is 0 Å². The first-order valence-electron chi connectivity index (χ1n) is 7.01. The number of hydrogen-bond acceptors (Lipinski definition) is 5. The number of morpholine rings is 1. The average molecular weight is 444 g/mol. The third-order valence-corrected chi connectivity index (χ3v) is 3.69. The van der Waals surface area contributed by atoms with E-state index in [1.165, 1.54) is 4.90 Å². The maximum absolute atomic E-state index is 12.1. The molecule has 1 aliphatic rings. The quantitative estimate of drug-likeness (QED) is 0.719. The summed E-state index contributed by atoms with van der Waals surface area (Å²) in [5.74, 6) is 0.0804. The number of rotatable bonds is 5. The summed E-state index contributed by atoms with van der Waals surface area (Å²) >= 11 is 3.27. The van der Waals surface area contributed by atoms with Gasteiger partial charge in [-0.1, -0.05) is 0 Å². The molecule has 0 aliphatic carbocycles. The van der Waals surface area contributed by atoms with E-state index < -0.39 is 0 Å². The summed E-state index contributed by atoms with van der Waals surface area (Å²) in [6.45, 7) is 1.93. The number of halogens is 3. The predicted octanol–water partition coefficient (Wildman–Crippen LogP) is 1.46. The van der Waals surface area contributed by atoms with E-state index in [9.17, 15) is 9.59 Å². The Bertz CT molecular complexity index is 527. The van der Waals surface area contributed by atoms with Gasteiger partial charge >= 0.3 is 0 Å². The van der Waals surface area contributed by atoms with Crippen LogP contribution < -0.4 is 10.6 Å². The molecule has 0 radical (unpaired) electrons. The van der Waals surface area contributed by atoms with E-state index in [0.29, 0.717) is 25.5 Å². The standard InChI is InChI=1S/C14H19BrN4O3.2ClH/c1-19(14(21)6-11-9-22-5-4-16-11)8-13(20)18-12-3-2-10(15)7-17-12;;/h2-3,7,11,16H,4-6,8-9H2,1H3,(H,17,18,20);2*1H. The largest absolute Gasteiger partial charge is 0.378 e. The second kappa shape index (κ2) is 11.6. The third kappa shape index (κ3) is 7.76. The Kier molecular flexibility index (Phi) is 11.1. The molecule has 2 rings (SSSR count). The number of likely N-dealkylation sites (N-methyl/N-ethyl adjacent to an activating group) is 1. The molecule has 7 nitrogen and oxygen atoms in total. The summed E-state index contributed by atoms with van der Waals surface area (Å²) in [7, 11) is 1.61. The monoisotopic (exact) mass is 442 g/mol. The van der Waals surface area contributed by atoms with Gasteiger partial charge in [-0.05, 0) is 28.1 Å². The zero-order chi connectivity index (χ0) is 15.9. The van der Waals surface area contributed by atoms with Crippen LogP contribution in [0.5, 0.6) is 0 Å². The fraction of sp³-hybridized carbons (Fsp3) is 0.500. The Morgan fingerprint density at radius 2 is 2.21 bits per heavy atom. The fourth-order valence-electron chi connectivity index (χ4n) is 2.05. The van der Waals surface area contributed by atoms with Crippen molar-refractivity contribution in [3.05, 3.63) is 22.8 Å². The molecule has 24 heavy (non-hydrogen) atoms. The zero-order valence-electron chi connectivity index (χ0n) is 13.2. The molecule has 10 heteroatoms. The van der Waals surface area contributed by atoms with Gasteiger partial charge in [-0.3, -0.25) is 9.59 Å². The summed E-state index contributed by atoms with van der Waals surface area (Å²) in [6, 6.07) is 3.49. The second-order valence-corrected chi connectivity index (χ2v) is 6.01. The smallest absolute Gasteiger partial charge is 0.245 e. The number of hydrogen-bond donors (Lipinski definition) is 2. The lowest BCUT2D eigenvalue weighted by Gasteiger charge is -2.25. The number of nitrogens with one attached hydrogen (secondary N) is 2. The van der Waals surface area contributed by atoms with Crippen molar-refractivity contribution in [2.75, 3.05) is 38.7 Å². The Labute approximate surface area is 161 Å². The number of pyridine rings is 1. The van der Waals surface area contributed by atoms with Crippen LogP contribution in [0.15, 0.2) is 22.8 Å². The van der Waals surface area contributed by atoms with Crippen LogP contribution in [0.4, 0.5) is 5.82 Å². The Balaban J connectivity index is 0.00000264. The van der Waals surface area contributed by atoms with E-state index in [4.69, 9.17) is 4.74 Å². The summed E-state index contributed by atoms with van der Waals surface area (Å²) in [5, 5.41) is 5.87. The maximum Gasteiger partial charge on any atom is 0.245 e. The SMILES string of the molecule is CN(CC(=O)Nc1ccc(Br)cn1)C(=O)CC1COCCN1.Cl.Cl. The molecule has 1 atom stereocenters. The molecule has 1 aliphatic heterocycles. The number of carbonyl (C=O) groups is 2. The van der Waals surface area contributed by atoms with Crippen LogP contribution in [-0.4, -0.2) is 61.1 Å². The molecule has 0 saturated carbocycles. The van der Waals surface area contributed by atoms with Crippen LogP contribution in [0.25, 0.3) is 0 Å². The minimum Gasteiger partial charge on any atom is -0.378 e. The summed E-state index contributed by atoms with van der Waals surface area (Å²) in [4.78, 5) is 29.4. The summed E-state index contributed by atoms with van der Waals surface area (Å²) in [6.07, 6.45) is 1.92. The molecule has 2 heterocycles. The molecule has 136 valence electrons. The molecule has 0 spiro atoms. The predicted molar refractivity (Wildman–Crippen MR) is 99.9 cm³/mol. The van der Waals surface area contributed by atoms with Gasteiger partial charge in [0.2, 0.25) is 11.8 Å². The molecular weight excluding hydrogens is 423 g/mol. The first-order valence-corrected chi connectivity index (χ1v) is 7.80. The molecule has 1 aromatic heterocycles. The van der Waals surface area contributed by atoms with Crippen molar-refractivity contribution in [1.29, 1.82) is 0 Å². The highest BCUT2D eigenvalue weighted by atomic mass is 79.9. The molecule has 1 unspecified atom stereocenters. The maximum atomic E-state index is 12.1. The Morgan fingerprint density at radius 1 is 1.46 bits per heavy atom. The highest BCUT2D eigenvalue weighted by molar-refractivity contribution is 9.10. The molecule has 1 saturated heterocycles. The Morgan fingerprint density at radius 3 is 2.79 bits per heavy atom. The highest BCUT2D eigenvalue weighted by Gasteiger charge is 2.20. The lowest BCUT2D eigenvalue weighted by molar-refractivity contribution is -0.134. The minimum absolute atomic E-state index is 0. The van der Waals surface area contributed by atoms with E-state index in [-0.39, 0.29) is 49.2 Å². The van der Waals surface area contributed by atoms with Crippen molar-refractivity contribution in [2.24, 2.45) is 0 Å². The topological polar surface area (TPSA) is 83.6 Å². The molecule has 1 fully saturated rings. The van der Waals surface area contributed by atoms with Crippen molar-refractivity contribution in [1.82, 2.24) is 15.2 Å². The van der Waals surface area contributed by atoms with Gasteiger partial charge in [0.05, 0.1) is 19.8 Å². The molecule has 1 aromatic rings. The van der Waals surface area contributed by atoms with Crippen molar-refractivity contribution in [2.45, 2.75) is 12.5 Å². The normalized spacial score (nSPS) is 16.3. The van der Waals surface area contributed by atoms with Gasteiger partial charge in [0.15, 0.2) is 0 Å². The van der Waals surface area contributed by atoms with E-state index in [2.05, 4.69) is 31.5 Å². The summed E-state index contributed by atoms with van der Waals surface area (Å²) in [5.41, 5.74) is 0.